The lowest BCUT2D eigenvalue weighted by molar-refractivity contribution is 0.610. The molecule has 18 heavy (non-hydrogen) atoms. The summed E-state index contributed by atoms with van der Waals surface area (Å²) in [5.74, 6) is 0. The first-order valence-electron chi connectivity index (χ1n) is 6.44. The summed E-state index contributed by atoms with van der Waals surface area (Å²) in [6.07, 6.45) is 6.64. The molecule has 2 heteroatoms. The van der Waals surface area contributed by atoms with Gasteiger partial charge in [0.15, 0.2) is 0 Å². The molecule has 1 atom stereocenters. The molecule has 2 nitrogen and oxygen atoms in total. The fourth-order valence-electron chi connectivity index (χ4n) is 2.03. The first kappa shape index (κ1) is 12.8. The molecule has 0 amide bonds. The second-order valence-corrected chi connectivity index (χ2v) is 4.84. The van der Waals surface area contributed by atoms with E-state index in [4.69, 9.17) is 5.73 Å². The monoisotopic (exact) mass is 240 g/mol. The Hall–Kier alpha value is -1.67. The van der Waals surface area contributed by atoms with Crippen molar-refractivity contribution in [1.82, 2.24) is 4.98 Å². The quantitative estimate of drug-likeness (QED) is 0.872. The standard InChI is InChI=1S/C16H20N2/c1-13-2-4-14(5-3-13)6-7-16(17)12-15-8-10-18-11-9-15/h2-5,8-11,16H,6-7,12,17H2,1H3. The van der Waals surface area contributed by atoms with Crippen LogP contribution in [0, 0.1) is 6.92 Å². The maximum Gasteiger partial charge on any atom is 0.0270 e. The normalized spacial score (nSPS) is 12.3. The topological polar surface area (TPSA) is 38.9 Å². The SMILES string of the molecule is Cc1ccc(CCC(N)Cc2ccncc2)cc1. The van der Waals surface area contributed by atoms with Gasteiger partial charge in [-0.15, -0.1) is 0 Å². The van der Waals surface area contributed by atoms with Crippen molar-refractivity contribution in [3.05, 3.63) is 65.5 Å². The van der Waals surface area contributed by atoms with E-state index >= 15 is 0 Å². The zero-order valence-electron chi connectivity index (χ0n) is 10.8. The van der Waals surface area contributed by atoms with Crippen molar-refractivity contribution < 1.29 is 0 Å². The van der Waals surface area contributed by atoms with Gasteiger partial charge in [-0.1, -0.05) is 29.8 Å². The van der Waals surface area contributed by atoms with Gasteiger partial charge in [0.25, 0.3) is 0 Å². The number of hydrogen-bond donors (Lipinski definition) is 1. The van der Waals surface area contributed by atoms with Gasteiger partial charge in [-0.3, -0.25) is 4.98 Å². The van der Waals surface area contributed by atoms with E-state index in [9.17, 15) is 0 Å². The number of aryl methyl sites for hydroxylation is 2. The predicted molar refractivity (Wildman–Crippen MR) is 75.4 cm³/mol. The third-order valence-corrected chi connectivity index (χ3v) is 3.17. The molecule has 0 fully saturated rings. The third-order valence-electron chi connectivity index (χ3n) is 3.17. The van der Waals surface area contributed by atoms with E-state index in [0.717, 1.165) is 19.3 Å². The number of nitrogens with two attached hydrogens (primary N) is 1. The largest absolute Gasteiger partial charge is 0.327 e. The lowest BCUT2D eigenvalue weighted by Gasteiger charge is -2.11. The zero-order valence-corrected chi connectivity index (χ0v) is 10.8. The lowest BCUT2D eigenvalue weighted by Crippen LogP contribution is -2.23. The van der Waals surface area contributed by atoms with Crippen molar-refractivity contribution >= 4 is 0 Å². The van der Waals surface area contributed by atoms with Crippen LogP contribution in [0.4, 0.5) is 0 Å². The van der Waals surface area contributed by atoms with Crippen LogP contribution in [-0.4, -0.2) is 11.0 Å². The van der Waals surface area contributed by atoms with Gasteiger partial charge >= 0.3 is 0 Å². The van der Waals surface area contributed by atoms with Crippen molar-refractivity contribution in [3.8, 4) is 0 Å². The van der Waals surface area contributed by atoms with Gasteiger partial charge in [0.1, 0.15) is 0 Å². The zero-order chi connectivity index (χ0) is 12.8. The predicted octanol–water partition coefficient (Wildman–Crippen LogP) is 2.89. The minimum atomic E-state index is 0.216. The van der Waals surface area contributed by atoms with Crippen molar-refractivity contribution in [2.75, 3.05) is 0 Å². The molecule has 0 saturated carbocycles. The number of benzene rings is 1. The van der Waals surface area contributed by atoms with Crippen LogP contribution in [0.3, 0.4) is 0 Å². The van der Waals surface area contributed by atoms with Crippen LogP contribution in [0.2, 0.25) is 0 Å². The molecule has 94 valence electrons. The number of rotatable bonds is 5. The van der Waals surface area contributed by atoms with E-state index in [1.165, 1.54) is 16.7 Å². The Morgan fingerprint density at radius 3 is 2.33 bits per heavy atom. The van der Waals surface area contributed by atoms with E-state index in [2.05, 4.69) is 36.2 Å². The van der Waals surface area contributed by atoms with E-state index in [1.807, 2.05) is 24.5 Å². The minimum Gasteiger partial charge on any atom is -0.327 e. The molecule has 0 aliphatic rings. The van der Waals surface area contributed by atoms with Crippen LogP contribution in [-0.2, 0) is 12.8 Å². The molecular weight excluding hydrogens is 220 g/mol. The van der Waals surface area contributed by atoms with Crippen LogP contribution in [0.5, 0.6) is 0 Å². The number of hydrogen-bond acceptors (Lipinski definition) is 2. The molecule has 0 radical (unpaired) electrons. The van der Waals surface area contributed by atoms with E-state index in [1.54, 1.807) is 0 Å². The van der Waals surface area contributed by atoms with Crippen molar-refractivity contribution in [1.29, 1.82) is 0 Å². The van der Waals surface area contributed by atoms with Gasteiger partial charge < -0.3 is 5.73 Å². The molecule has 0 aliphatic heterocycles. The first-order chi connectivity index (χ1) is 8.74. The highest BCUT2D eigenvalue weighted by atomic mass is 14.6. The molecule has 0 saturated heterocycles. The van der Waals surface area contributed by atoms with Crippen LogP contribution in [0.1, 0.15) is 23.1 Å². The van der Waals surface area contributed by atoms with E-state index < -0.39 is 0 Å². The van der Waals surface area contributed by atoms with Gasteiger partial charge in [-0.2, -0.15) is 0 Å². The van der Waals surface area contributed by atoms with Gasteiger partial charge in [0.2, 0.25) is 0 Å². The highest BCUT2D eigenvalue weighted by Gasteiger charge is 2.04. The van der Waals surface area contributed by atoms with E-state index in [0.29, 0.717) is 0 Å². The van der Waals surface area contributed by atoms with Crippen LogP contribution >= 0.6 is 0 Å². The second kappa shape index (κ2) is 6.31. The Morgan fingerprint density at radius 2 is 1.67 bits per heavy atom. The molecule has 0 aliphatic carbocycles. The molecule has 1 aromatic carbocycles. The molecule has 1 unspecified atom stereocenters. The van der Waals surface area contributed by atoms with Gasteiger partial charge in [-0.05, 0) is 49.4 Å². The summed E-state index contributed by atoms with van der Waals surface area (Å²) in [6, 6.07) is 13.0. The van der Waals surface area contributed by atoms with Gasteiger partial charge in [-0.25, -0.2) is 0 Å². The number of aromatic nitrogens is 1. The van der Waals surface area contributed by atoms with Gasteiger partial charge in [0.05, 0.1) is 0 Å². The Morgan fingerprint density at radius 1 is 1.00 bits per heavy atom. The highest BCUT2D eigenvalue weighted by molar-refractivity contribution is 5.21. The molecule has 2 rings (SSSR count). The average Bonchev–Trinajstić information content (AvgIpc) is 2.39. The average molecular weight is 240 g/mol. The van der Waals surface area contributed by atoms with Crippen LogP contribution in [0.25, 0.3) is 0 Å². The smallest absolute Gasteiger partial charge is 0.0270 e. The summed E-state index contributed by atoms with van der Waals surface area (Å²) < 4.78 is 0. The number of nitrogens with zero attached hydrogens (tertiary/aromatic N) is 1. The van der Waals surface area contributed by atoms with Crippen molar-refractivity contribution in [3.63, 3.8) is 0 Å². The van der Waals surface area contributed by atoms with Crippen LogP contribution in [0.15, 0.2) is 48.8 Å². The Bertz CT molecular complexity index is 462. The van der Waals surface area contributed by atoms with Gasteiger partial charge in [0, 0.05) is 18.4 Å². The molecule has 2 N–H and O–H groups in total. The Kier molecular flexibility index (Phi) is 4.48. The molecule has 1 heterocycles. The second-order valence-electron chi connectivity index (χ2n) is 4.84. The minimum absolute atomic E-state index is 0.216. The summed E-state index contributed by atoms with van der Waals surface area (Å²) in [5, 5.41) is 0. The maximum absolute atomic E-state index is 6.16. The summed E-state index contributed by atoms with van der Waals surface area (Å²) in [5.41, 5.74) is 10.1. The molecular formula is C16H20N2. The summed E-state index contributed by atoms with van der Waals surface area (Å²) in [6.45, 7) is 2.11. The van der Waals surface area contributed by atoms with Crippen molar-refractivity contribution in [2.24, 2.45) is 5.73 Å². The maximum atomic E-state index is 6.16. The highest BCUT2D eigenvalue weighted by Crippen LogP contribution is 2.09. The Balaban J connectivity index is 1.81. The molecule has 1 aromatic heterocycles. The number of pyridine rings is 1. The molecule has 0 spiro atoms. The van der Waals surface area contributed by atoms with E-state index in [-0.39, 0.29) is 6.04 Å². The first-order valence-corrected chi connectivity index (χ1v) is 6.44. The molecule has 2 aromatic rings. The lowest BCUT2D eigenvalue weighted by atomic mass is 10.00. The van der Waals surface area contributed by atoms with Crippen molar-refractivity contribution in [2.45, 2.75) is 32.2 Å². The summed E-state index contributed by atoms with van der Waals surface area (Å²) in [4.78, 5) is 4.01. The third kappa shape index (κ3) is 3.97. The Labute approximate surface area is 109 Å². The fourth-order valence-corrected chi connectivity index (χ4v) is 2.03. The summed E-state index contributed by atoms with van der Waals surface area (Å²) >= 11 is 0. The molecule has 0 bridgehead atoms. The fraction of sp³-hybridized carbons (Fsp3) is 0.312. The summed E-state index contributed by atoms with van der Waals surface area (Å²) in [7, 11) is 0. The van der Waals surface area contributed by atoms with Crippen LogP contribution < -0.4 is 5.73 Å².